The van der Waals surface area contributed by atoms with Gasteiger partial charge in [-0.25, -0.2) is 0 Å². The minimum absolute atomic E-state index is 0.0639. The summed E-state index contributed by atoms with van der Waals surface area (Å²) in [5.41, 5.74) is 2.32. The van der Waals surface area contributed by atoms with Gasteiger partial charge in [-0.05, 0) is 45.1 Å². The van der Waals surface area contributed by atoms with Crippen molar-refractivity contribution in [2.45, 2.75) is 51.3 Å². The lowest BCUT2D eigenvalue weighted by molar-refractivity contribution is 0.0982. The summed E-state index contributed by atoms with van der Waals surface area (Å²) >= 11 is 7.72. The lowest BCUT2D eigenvalue weighted by Crippen LogP contribution is -2.10. The van der Waals surface area contributed by atoms with Crippen molar-refractivity contribution in [3.63, 3.8) is 0 Å². The Hall–Kier alpha value is -0.340. The van der Waals surface area contributed by atoms with E-state index in [1.807, 2.05) is 18.3 Å². The molecule has 1 heterocycles. The van der Waals surface area contributed by atoms with E-state index in [1.165, 1.54) is 28.2 Å². The molecular formula is C13H17ClOS. The Balaban J connectivity index is 2.32. The zero-order chi connectivity index (χ0) is 11.7. The van der Waals surface area contributed by atoms with Crippen LogP contribution in [0.1, 0.15) is 51.9 Å². The molecule has 0 radical (unpaired) electrons. The largest absolute Gasteiger partial charge is 0.294 e. The van der Waals surface area contributed by atoms with Gasteiger partial charge in [-0.2, -0.15) is 0 Å². The third-order valence-corrected chi connectivity index (χ3v) is 4.45. The molecule has 1 nitrogen and oxygen atoms in total. The van der Waals surface area contributed by atoms with E-state index >= 15 is 0 Å². The topological polar surface area (TPSA) is 17.1 Å². The van der Waals surface area contributed by atoms with Crippen molar-refractivity contribution in [1.82, 2.24) is 0 Å². The van der Waals surface area contributed by atoms with Crippen LogP contribution in [-0.2, 0) is 12.8 Å². The molecule has 0 fully saturated rings. The van der Waals surface area contributed by atoms with Crippen molar-refractivity contribution in [2.75, 3.05) is 0 Å². The Bertz CT molecular complexity index is 406. The molecule has 88 valence electrons. The molecule has 1 atom stereocenters. The highest BCUT2D eigenvalue weighted by molar-refractivity contribution is 7.12. The van der Waals surface area contributed by atoms with E-state index in [-0.39, 0.29) is 11.2 Å². The average molecular weight is 257 g/mol. The van der Waals surface area contributed by atoms with E-state index in [0.717, 1.165) is 18.4 Å². The fourth-order valence-electron chi connectivity index (χ4n) is 2.43. The van der Waals surface area contributed by atoms with Gasteiger partial charge in [0.2, 0.25) is 0 Å². The molecule has 0 spiro atoms. The molecule has 0 saturated heterocycles. The van der Waals surface area contributed by atoms with Gasteiger partial charge >= 0.3 is 0 Å². The molecule has 0 amide bonds. The Labute approximate surface area is 106 Å². The molecule has 0 aliphatic heterocycles. The van der Waals surface area contributed by atoms with Crippen LogP contribution >= 0.6 is 22.9 Å². The summed E-state index contributed by atoms with van der Waals surface area (Å²) in [6.45, 7) is 3.95. The minimum atomic E-state index is -0.0639. The van der Waals surface area contributed by atoms with Gasteiger partial charge in [0.05, 0.1) is 0 Å². The molecule has 1 aliphatic carbocycles. The zero-order valence-corrected chi connectivity index (χ0v) is 11.4. The van der Waals surface area contributed by atoms with Gasteiger partial charge in [-0.3, -0.25) is 4.79 Å². The Kier molecular flexibility index (Phi) is 3.70. The highest BCUT2D eigenvalue weighted by atomic mass is 35.5. The molecule has 0 bridgehead atoms. The number of alkyl halides is 1. The second-order valence-corrected chi connectivity index (χ2v) is 6.60. The number of hydrogen-bond acceptors (Lipinski definition) is 2. The number of Topliss-reactive ketones (excluding diaryl/α,β-unsaturated/α-hetero) is 1. The van der Waals surface area contributed by atoms with Gasteiger partial charge in [0.1, 0.15) is 0 Å². The van der Waals surface area contributed by atoms with E-state index < -0.39 is 0 Å². The fraction of sp³-hybridized carbons (Fsp3) is 0.615. The first-order valence-electron chi connectivity index (χ1n) is 5.88. The van der Waals surface area contributed by atoms with Crippen molar-refractivity contribution < 1.29 is 4.79 Å². The van der Waals surface area contributed by atoms with Crippen LogP contribution in [0, 0.1) is 6.92 Å². The zero-order valence-electron chi connectivity index (χ0n) is 9.81. The number of halogens is 1. The van der Waals surface area contributed by atoms with Crippen LogP contribution in [0.5, 0.6) is 0 Å². The molecule has 1 unspecified atom stereocenters. The first kappa shape index (κ1) is 12.1. The first-order valence-corrected chi connectivity index (χ1v) is 7.13. The van der Waals surface area contributed by atoms with Gasteiger partial charge in [0.15, 0.2) is 5.78 Å². The molecule has 2 rings (SSSR count). The van der Waals surface area contributed by atoms with Gasteiger partial charge in [-0.15, -0.1) is 22.9 Å². The maximum absolute atomic E-state index is 12.1. The molecule has 1 aromatic heterocycles. The number of carbonyl (C=O) groups excluding carboxylic acids is 1. The molecule has 1 aliphatic rings. The lowest BCUT2D eigenvalue weighted by atomic mass is 9.92. The number of aryl methyl sites for hydroxylation is 2. The number of carbonyl (C=O) groups is 1. The molecule has 0 aromatic carbocycles. The smallest absolute Gasteiger partial charge is 0.165 e. The summed E-state index contributed by atoms with van der Waals surface area (Å²) in [5, 5.41) is -0.0639. The number of rotatable bonds is 3. The molecule has 0 saturated carbocycles. The second kappa shape index (κ2) is 4.89. The van der Waals surface area contributed by atoms with Gasteiger partial charge in [0.25, 0.3) is 0 Å². The first-order chi connectivity index (χ1) is 7.59. The Morgan fingerprint density at radius 1 is 1.44 bits per heavy atom. The van der Waals surface area contributed by atoms with Crippen LogP contribution in [-0.4, -0.2) is 11.2 Å². The summed E-state index contributed by atoms with van der Waals surface area (Å²) in [6, 6.07) is 0. The third-order valence-electron chi connectivity index (χ3n) is 3.09. The molecular weight excluding hydrogens is 240 g/mol. The summed E-state index contributed by atoms with van der Waals surface area (Å²) in [4.78, 5) is 14.8. The van der Waals surface area contributed by atoms with Crippen LogP contribution in [0.3, 0.4) is 0 Å². The number of hydrogen-bond donors (Lipinski definition) is 0. The minimum Gasteiger partial charge on any atom is -0.294 e. The quantitative estimate of drug-likeness (QED) is 0.587. The predicted molar refractivity (Wildman–Crippen MR) is 70.0 cm³/mol. The SMILES string of the molecule is Cc1sc2c(c1C(=O)CC(C)Cl)CCCC2. The standard InChI is InChI=1S/C13H17ClOS/c1-8(14)7-11(15)13-9(2)16-12-6-4-3-5-10(12)13/h8H,3-7H2,1-2H3. The van der Waals surface area contributed by atoms with Crippen molar-refractivity contribution in [3.05, 3.63) is 20.9 Å². The van der Waals surface area contributed by atoms with Crippen LogP contribution in [0.4, 0.5) is 0 Å². The van der Waals surface area contributed by atoms with E-state index in [1.54, 1.807) is 0 Å². The summed E-state index contributed by atoms with van der Waals surface area (Å²) in [6.07, 6.45) is 5.19. The third kappa shape index (κ3) is 2.33. The van der Waals surface area contributed by atoms with Crippen molar-refractivity contribution in [2.24, 2.45) is 0 Å². The maximum atomic E-state index is 12.1. The molecule has 1 aromatic rings. The van der Waals surface area contributed by atoms with Crippen molar-refractivity contribution in [1.29, 1.82) is 0 Å². The van der Waals surface area contributed by atoms with E-state index in [0.29, 0.717) is 6.42 Å². The van der Waals surface area contributed by atoms with E-state index in [4.69, 9.17) is 11.6 Å². The number of thiophene rings is 1. The van der Waals surface area contributed by atoms with Gasteiger partial charge in [0, 0.05) is 27.1 Å². The normalized spacial score (nSPS) is 16.9. The molecule has 0 N–H and O–H groups in total. The molecule has 16 heavy (non-hydrogen) atoms. The number of fused-ring (bicyclic) bond motifs is 1. The Morgan fingerprint density at radius 3 is 2.81 bits per heavy atom. The number of ketones is 1. The summed E-state index contributed by atoms with van der Waals surface area (Å²) in [5.74, 6) is 0.236. The average Bonchev–Trinajstić information content (AvgIpc) is 2.52. The van der Waals surface area contributed by atoms with Crippen LogP contribution in [0.25, 0.3) is 0 Å². The Morgan fingerprint density at radius 2 is 2.12 bits per heavy atom. The monoisotopic (exact) mass is 256 g/mol. The highest BCUT2D eigenvalue weighted by Crippen LogP contribution is 2.34. The van der Waals surface area contributed by atoms with Crippen LogP contribution in [0.2, 0.25) is 0 Å². The van der Waals surface area contributed by atoms with E-state index in [2.05, 4.69) is 6.92 Å². The van der Waals surface area contributed by atoms with Crippen molar-refractivity contribution >= 4 is 28.7 Å². The lowest BCUT2D eigenvalue weighted by Gasteiger charge is -2.12. The summed E-state index contributed by atoms with van der Waals surface area (Å²) < 4.78 is 0. The fourth-order valence-corrected chi connectivity index (χ4v) is 3.85. The van der Waals surface area contributed by atoms with Crippen molar-refractivity contribution in [3.8, 4) is 0 Å². The predicted octanol–water partition coefficient (Wildman–Crippen LogP) is 4.14. The maximum Gasteiger partial charge on any atom is 0.165 e. The highest BCUT2D eigenvalue weighted by Gasteiger charge is 2.23. The second-order valence-electron chi connectivity index (χ2n) is 4.55. The van der Waals surface area contributed by atoms with Gasteiger partial charge in [-0.1, -0.05) is 0 Å². The van der Waals surface area contributed by atoms with E-state index in [9.17, 15) is 4.79 Å². The summed E-state index contributed by atoms with van der Waals surface area (Å²) in [7, 11) is 0. The van der Waals surface area contributed by atoms with Gasteiger partial charge < -0.3 is 0 Å². The molecule has 3 heteroatoms. The van der Waals surface area contributed by atoms with Crippen LogP contribution < -0.4 is 0 Å². The van der Waals surface area contributed by atoms with Crippen LogP contribution in [0.15, 0.2) is 0 Å².